The zero-order chi connectivity index (χ0) is 10.1. The fourth-order valence-electron chi connectivity index (χ4n) is 1.27. The first-order chi connectivity index (χ1) is 6.77. The van der Waals surface area contributed by atoms with Gasteiger partial charge in [0.15, 0.2) is 0 Å². The number of nitriles is 2. The van der Waals surface area contributed by atoms with E-state index in [1.54, 1.807) is 17.5 Å². The first-order valence-electron chi connectivity index (χ1n) is 3.78. The molecule has 0 aliphatic heterocycles. The molecule has 0 aliphatic rings. The lowest BCUT2D eigenvalue weighted by molar-refractivity contribution is 1.50. The first kappa shape index (κ1) is 9.02. The van der Waals surface area contributed by atoms with E-state index in [0.29, 0.717) is 16.1 Å². The average molecular weight is 219 g/mol. The van der Waals surface area contributed by atoms with Crippen LogP contribution in [0.4, 0.5) is 0 Å². The van der Waals surface area contributed by atoms with Crippen LogP contribution in [-0.2, 0) is 0 Å². The van der Waals surface area contributed by atoms with Crippen molar-refractivity contribution in [1.29, 1.82) is 10.5 Å². The Morgan fingerprint density at radius 2 is 2.00 bits per heavy atom. The van der Waals surface area contributed by atoms with Crippen molar-refractivity contribution in [3.8, 4) is 12.1 Å². The highest BCUT2D eigenvalue weighted by molar-refractivity contribution is 7.17. The Morgan fingerprint density at radius 3 is 2.64 bits per heavy atom. The minimum Gasteiger partial charge on any atom is -0.192 e. The number of nitrogens with zero attached hydrogens (tertiary/aromatic N) is 2. The highest BCUT2D eigenvalue weighted by Crippen LogP contribution is 2.32. The number of thiophene rings is 1. The van der Waals surface area contributed by atoms with E-state index in [-0.39, 0.29) is 0 Å². The Labute approximate surface area is 89.6 Å². The summed E-state index contributed by atoms with van der Waals surface area (Å²) in [6.45, 7) is 0. The van der Waals surface area contributed by atoms with Gasteiger partial charge in [-0.3, -0.25) is 0 Å². The molecular formula is C10H3ClN2S. The smallest absolute Gasteiger partial charge is 0.102 e. The number of hydrogen-bond donors (Lipinski definition) is 0. The molecule has 0 bridgehead atoms. The van der Waals surface area contributed by atoms with Crippen LogP contribution >= 0.6 is 22.9 Å². The summed E-state index contributed by atoms with van der Waals surface area (Å²) < 4.78 is 0.788. The third-order valence-electron chi connectivity index (χ3n) is 1.92. The van der Waals surface area contributed by atoms with Gasteiger partial charge in [0.05, 0.1) is 20.8 Å². The summed E-state index contributed by atoms with van der Waals surface area (Å²) in [6, 6.07) is 7.54. The number of rotatable bonds is 0. The fraction of sp³-hybridized carbons (Fsp3) is 0. The topological polar surface area (TPSA) is 47.6 Å². The predicted octanol–water partition coefficient (Wildman–Crippen LogP) is 3.30. The van der Waals surface area contributed by atoms with E-state index in [2.05, 4.69) is 6.07 Å². The normalized spacial score (nSPS) is 9.64. The summed E-state index contributed by atoms with van der Waals surface area (Å²) in [5.41, 5.74) is 1.05. The van der Waals surface area contributed by atoms with Crippen LogP contribution in [0.25, 0.3) is 10.1 Å². The van der Waals surface area contributed by atoms with Gasteiger partial charge in [-0.1, -0.05) is 17.7 Å². The lowest BCUT2D eigenvalue weighted by atomic mass is 10.1. The summed E-state index contributed by atoms with van der Waals surface area (Å²) in [4.78, 5) is 0. The van der Waals surface area contributed by atoms with Crippen molar-refractivity contribution in [2.75, 3.05) is 0 Å². The van der Waals surface area contributed by atoms with Gasteiger partial charge in [0.2, 0.25) is 0 Å². The number of fused-ring (bicyclic) bond motifs is 1. The summed E-state index contributed by atoms with van der Waals surface area (Å²) in [5.74, 6) is 0. The van der Waals surface area contributed by atoms with Gasteiger partial charge in [-0.2, -0.15) is 10.5 Å². The molecule has 2 aromatic rings. The molecular weight excluding hydrogens is 216 g/mol. The van der Waals surface area contributed by atoms with E-state index in [9.17, 15) is 0 Å². The summed E-state index contributed by atoms with van der Waals surface area (Å²) in [7, 11) is 0. The molecule has 2 rings (SSSR count). The summed E-state index contributed by atoms with van der Waals surface area (Å²) >= 11 is 7.23. The lowest BCUT2D eigenvalue weighted by Gasteiger charge is -1.95. The van der Waals surface area contributed by atoms with Gasteiger partial charge >= 0.3 is 0 Å². The van der Waals surface area contributed by atoms with Crippen LogP contribution in [0.3, 0.4) is 0 Å². The Bertz CT molecular complexity index is 586. The monoisotopic (exact) mass is 218 g/mol. The van der Waals surface area contributed by atoms with Crippen molar-refractivity contribution in [3.63, 3.8) is 0 Å². The maximum Gasteiger partial charge on any atom is 0.102 e. The van der Waals surface area contributed by atoms with Crippen LogP contribution in [0.5, 0.6) is 0 Å². The van der Waals surface area contributed by atoms with Gasteiger partial charge in [0.25, 0.3) is 0 Å². The third-order valence-corrected chi connectivity index (χ3v) is 3.25. The number of hydrogen-bond acceptors (Lipinski definition) is 3. The quantitative estimate of drug-likeness (QED) is 0.681. The molecule has 0 N–H and O–H groups in total. The minimum absolute atomic E-state index is 0.436. The second-order valence-corrected chi connectivity index (χ2v) is 3.96. The molecule has 0 fully saturated rings. The Kier molecular flexibility index (Phi) is 2.13. The SMILES string of the molecule is N#Cc1csc2c(C#N)c(Cl)ccc12. The Hall–Kier alpha value is -1.55. The van der Waals surface area contributed by atoms with Crippen LogP contribution < -0.4 is 0 Å². The molecule has 2 nitrogen and oxygen atoms in total. The van der Waals surface area contributed by atoms with Crippen LogP contribution in [0, 0.1) is 22.7 Å². The zero-order valence-corrected chi connectivity index (χ0v) is 8.49. The highest BCUT2D eigenvalue weighted by Gasteiger charge is 2.10. The molecule has 4 heteroatoms. The Balaban J connectivity index is 2.94. The minimum atomic E-state index is 0.436. The van der Waals surface area contributed by atoms with E-state index in [0.717, 1.165) is 10.1 Å². The fourth-order valence-corrected chi connectivity index (χ4v) is 2.51. The van der Waals surface area contributed by atoms with E-state index >= 15 is 0 Å². The zero-order valence-electron chi connectivity index (χ0n) is 6.91. The van der Waals surface area contributed by atoms with E-state index < -0.39 is 0 Å². The van der Waals surface area contributed by atoms with Crippen molar-refractivity contribution in [1.82, 2.24) is 0 Å². The molecule has 0 saturated heterocycles. The summed E-state index contributed by atoms with van der Waals surface area (Å²) in [5, 5.41) is 20.7. The second kappa shape index (κ2) is 3.31. The number of benzene rings is 1. The van der Waals surface area contributed by atoms with Gasteiger partial charge in [-0.25, -0.2) is 0 Å². The van der Waals surface area contributed by atoms with Crippen molar-refractivity contribution >= 4 is 33.0 Å². The maximum absolute atomic E-state index is 8.89. The molecule has 1 heterocycles. The van der Waals surface area contributed by atoms with E-state index in [4.69, 9.17) is 22.1 Å². The largest absolute Gasteiger partial charge is 0.192 e. The molecule has 0 aliphatic carbocycles. The molecule has 0 saturated carbocycles. The Morgan fingerprint density at radius 1 is 1.21 bits per heavy atom. The van der Waals surface area contributed by atoms with E-state index in [1.807, 2.05) is 6.07 Å². The lowest BCUT2D eigenvalue weighted by Crippen LogP contribution is -1.77. The molecule has 0 amide bonds. The molecule has 1 aromatic heterocycles. The van der Waals surface area contributed by atoms with Crippen molar-refractivity contribution in [2.45, 2.75) is 0 Å². The van der Waals surface area contributed by atoms with Crippen LogP contribution in [0.1, 0.15) is 11.1 Å². The highest BCUT2D eigenvalue weighted by atomic mass is 35.5. The summed E-state index contributed by atoms with van der Waals surface area (Å²) in [6.07, 6.45) is 0. The van der Waals surface area contributed by atoms with Crippen molar-refractivity contribution < 1.29 is 0 Å². The average Bonchev–Trinajstić information content (AvgIpc) is 2.60. The second-order valence-electron chi connectivity index (χ2n) is 2.67. The van der Waals surface area contributed by atoms with Crippen LogP contribution in [0.15, 0.2) is 17.5 Å². The van der Waals surface area contributed by atoms with Gasteiger partial charge in [0.1, 0.15) is 12.1 Å². The molecule has 1 aromatic carbocycles. The molecule has 0 atom stereocenters. The molecule has 14 heavy (non-hydrogen) atoms. The van der Waals surface area contributed by atoms with Crippen molar-refractivity contribution in [2.24, 2.45) is 0 Å². The maximum atomic E-state index is 8.89. The van der Waals surface area contributed by atoms with Crippen LogP contribution in [0.2, 0.25) is 5.02 Å². The standard InChI is InChI=1S/C10H3ClN2S/c11-9-2-1-7-6(3-12)5-14-10(7)8(9)4-13/h1-2,5H. The predicted molar refractivity (Wildman–Crippen MR) is 56.3 cm³/mol. The molecule has 0 spiro atoms. The van der Waals surface area contributed by atoms with Gasteiger partial charge in [0, 0.05) is 10.8 Å². The molecule has 66 valence electrons. The molecule has 0 unspecified atom stereocenters. The van der Waals surface area contributed by atoms with Gasteiger partial charge in [-0.15, -0.1) is 11.3 Å². The van der Waals surface area contributed by atoms with Crippen molar-refractivity contribution in [3.05, 3.63) is 33.7 Å². The molecule has 0 radical (unpaired) electrons. The first-order valence-corrected chi connectivity index (χ1v) is 5.03. The van der Waals surface area contributed by atoms with E-state index in [1.165, 1.54) is 11.3 Å². The van der Waals surface area contributed by atoms with Crippen LogP contribution in [-0.4, -0.2) is 0 Å². The number of halogens is 1. The third kappa shape index (κ3) is 1.15. The van der Waals surface area contributed by atoms with Gasteiger partial charge < -0.3 is 0 Å². The van der Waals surface area contributed by atoms with Gasteiger partial charge in [-0.05, 0) is 6.07 Å².